The van der Waals surface area contributed by atoms with Crippen LogP contribution < -0.4 is 5.32 Å². The van der Waals surface area contributed by atoms with Gasteiger partial charge in [-0.25, -0.2) is 0 Å². The lowest BCUT2D eigenvalue weighted by atomic mass is 9.68. The van der Waals surface area contributed by atoms with Gasteiger partial charge in [-0.05, 0) is 48.0 Å². The van der Waals surface area contributed by atoms with Crippen LogP contribution in [0.5, 0.6) is 0 Å². The number of hydrogen-bond donors (Lipinski definition) is 1. The average molecular weight is 285 g/mol. The monoisotopic (exact) mass is 285 g/mol. The molecule has 4 atom stereocenters. The second kappa shape index (κ2) is 5.43. The maximum Gasteiger partial charge on any atom is 0.0323 e. The van der Waals surface area contributed by atoms with E-state index in [-0.39, 0.29) is 0 Å². The fourth-order valence-corrected chi connectivity index (χ4v) is 5.24. The molecule has 2 aliphatic rings. The van der Waals surface area contributed by atoms with Crippen LogP contribution in [0.4, 0.5) is 0 Å². The topological polar surface area (TPSA) is 12.0 Å². The van der Waals surface area contributed by atoms with Gasteiger partial charge in [-0.15, -0.1) is 0 Å². The summed E-state index contributed by atoms with van der Waals surface area (Å²) in [6.45, 7) is 9.81. The third-order valence-electron chi connectivity index (χ3n) is 6.42. The molecule has 1 heteroatoms. The second-order valence-corrected chi connectivity index (χ2v) is 8.27. The van der Waals surface area contributed by atoms with Crippen LogP contribution in [-0.2, 0) is 0 Å². The Bertz CT molecular complexity index is 473. The van der Waals surface area contributed by atoms with E-state index in [9.17, 15) is 0 Å². The third-order valence-corrected chi connectivity index (χ3v) is 6.42. The minimum atomic E-state index is 0.438. The molecule has 1 N–H and O–H groups in total. The first-order valence-corrected chi connectivity index (χ1v) is 8.78. The highest BCUT2D eigenvalue weighted by Gasteiger charge is 2.59. The van der Waals surface area contributed by atoms with Crippen LogP contribution in [0.15, 0.2) is 30.3 Å². The molecule has 0 heterocycles. The quantitative estimate of drug-likeness (QED) is 0.770. The van der Waals surface area contributed by atoms with E-state index in [2.05, 4.69) is 63.3 Å². The normalized spacial score (nSPS) is 35.0. The number of benzene rings is 1. The molecule has 0 spiro atoms. The van der Waals surface area contributed by atoms with E-state index < -0.39 is 0 Å². The fourth-order valence-electron chi connectivity index (χ4n) is 5.24. The Morgan fingerprint density at radius 3 is 2.48 bits per heavy atom. The summed E-state index contributed by atoms with van der Waals surface area (Å²) < 4.78 is 0. The van der Waals surface area contributed by atoms with Crippen molar-refractivity contribution in [3.05, 3.63) is 35.9 Å². The van der Waals surface area contributed by atoms with Gasteiger partial charge in [0.1, 0.15) is 0 Å². The predicted molar refractivity (Wildman–Crippen MR) is 90.2 cm³/mol. The van der Waals surface area contributed by atoms with Gasteiger partial charge < -0.3 is 5.32 Å². The molecular formula is C20H31N. The molecule has 2 aliphatic carbocycles. The lowest BCUT2D eigenvalue weighted by molar-refractivity contribution is 0.0968. The summed E-state index contributed by atoms with van der Waals surface area (Å²) in [6, 6.07) is 12.2. The Balaban J connectivity index is 1.83. The molecule has 2 saturated carbocycles. The van der Waals surface area contributed by atoms with Crippen molar-refractivity contribution < 1.29 is 0 Å². The Morgan fingerprint density at radius 2 is 1.90 bits per heavy atom. The molecule has 0 amide bonds. The fraction of sp³-hybridized carbons (Fsp3) is 0.700. The number of fused-ring (bicyclic) bond motifs is 2. The number of hydrogen-bond acceptors (Lipinski definition) is 1. The van der Waals surface area contributed by atoms with Crippen molar-refractivity contribution in [1.29, 1.82) is 0 Å². The van der Waals surface area contributed by atoms with Crippen LogP contribution in [0.1, 0.15) is 71.4 Å². The summed E-state index contributed by atoms with van der Waals surface area (Å²) in [6.07, 6.45) is 6.74. The van der Waals surface area contributed by atoms with Crippen molar-refractivity contribution in [1.82, 2.24) is 5.32 Å². The van der Waals surface area contributed by atoms with E-state index in [1.165, 1.54) is 37.7 Å². The molecule has 1 aromatic rings. The number of nitrogens with one attached hydrogen (secondary N) is 1. The van der Waals surface area contributed by atoms with Gasteiger partial charge in [0.15, 0.2) is 0 Å². The third kappa shape index (κ3) is 2.54. The molecule has 116 valence electrons. The zero-order chi connectivity index (χ0) is 15.1. The summed E-state index contributed by atoms with van der Waals surface area (Å²) in [5.74, 6) is 0.915. The summed E-state index contributed by atoms with van der Waals surface area (Å²) in [5.41, 5.74) is 2.41. The molecule has 0 radical (unpaired) electrons. The van der Waals surface area contributed by atoms with Crippen LogP contribution >= 0.6 is 0 Å². The maximum absolute atomic E-state index is 4.10. The summed E-state index contributed by atoms with van der Waals surface area (Å²) in [4.78, 5) is 0. The highest BCUT2D eigenvalue weighted by Crippen LogP contribution is 2.62. The van der Waals surface area contributed by atoms with E-state index in [0.29, 0.717) is 22.9 Å². The molecular weight excluding hydrogens is 254 g/mol. The lowest BCUT2D eigenvalue weighted by Gasteiger charge is -2.45. The van der Waals surface area contributed by atoms with E-state index in [1.54, 1.807) is 0 Å². The van der Waals surface area contributed by atoms with Gasteiger partial charge in [0.25, 0.3) is 0 Å². The van der Waals surface area contributed by atoms with E-state index in [1.807, 2.05) is 0 Å². The molecule has 0 aromatic heterocycles. The van der Waals surface area contributed by atoms with Crippen molar-refractivity contribution in [3.63, 3.8) is 0 Å². The average Bonchev–Trinajstić information content (AvgIpc) is 2.94. The molecule has 0 aliphatic heterocycles. The Hall–Kier alpha value is -0.820. The van der Waals surface area contributed by atoms with Gasteiger partial charge in [0.05, 0.1) is 0 Å². The first-order chi connectivity index (χ1) is 9.97. The standard InChI is InChI=1S/C20H31N/c1-5-9-17(15-10-7-6-8-11-15)21-18-19(2,3)16-12-13-20(18,4)14-16/h6-8,10-11,16-18,21H,5,9,12-14H2,1-4H3/t16-,17?,18?,20+/m0/s1. The van der Waals surface area contributed by atoms with E-state index >= 15 is 0 Å². The van der Waals surface area contributed by atoms with Gasteiger partial charge >= 0.3 is 0 Å². The second-order valence-electron chi connectivity index (χ2n) is 8.27. The molecule has 2 unspecified atom stereocenters. The number of rotatable bonds is 5. The van der Waals surface area contributed by atoms with E-state index in [0.717, 1.165) is 5.92 Å². The molecule has 0 saturated heterocycles. The summed E-state index contributed by atoms with van der Waals surface area (Å²) in [7, 11) is 0. The maximum atomic E-state index is 4.10. The molecule has 1 aromatic carbocycles. The van der Waals surface area contributed by atoms with Crippen LogP contribution in [0.2, 0.25) is 0 Å². The van der Waals surface area contributed by atoms with Crippen molar-refractivity contribution in [3.8, 4) is 0 Å². The summed E-state index contributed by atoms with van der Waals surface area (Å²) in [5, 5.41) is 4.10. The molecule has 3 rings (SSSR count). The molecule has 1 nitrogen and oxygen atoms in total. The first-order valence-electron chi connectivity index (χ1n) is 8.78. The van der Waals surface area contributed by atoms with Crippen molar-refractivity contribution in [2.75, 3.05) is 0 Å². The van der Waals surface area contributed by atoms with Crippen molar-refractivity contribution >= 4 is 0 Å². The Labute approximate surface area is 130 Å². The predicted octanol–water partition coefficient (Wildman–Crippen LogP) is 5.33. The van der Waals surface area contributed by atoms with Crippen LogP contribution in [0.3, 0.4) is 0 Å². The molecule has 2 fully saturated rings. The zero-order valence-corrected chi connectivity index (χ0v) is 14.2. The minimum Gasteiger partial charge on any atom is -0.306 e. The SMILES string of the molecule is CCCC(NC1C(C)(C)[C@H]2CC[C@]1(C)C2)c1ccccc1. The molecule has 2 bridgehead atoms. The van der Waals surface area contributed by atoms with Crippen LogP contribution in [-0.4, -0.2) is 6.04 Å². The van der Waals surface area contributed by atoms with Gasteiger partial charge in [-0.2, -0.15) is 0 Å². The molecule has 21 heavy (non-hydrogen) atoms. The Morgan fingerprint density at radius 1 is 1.19 bits per heavy atom. The van der Waals surface area contributed by atoms with Crippen molar-refractivity contribution in [2.45, 2.75) is 71.9 Å². The van der Waals surface area contributed by atoms with Gasteiger partial charge in [0, 0.05) is 12.1 Å². The largest absolute Gasteiger partial charge is 0.306 e. The summed E-state index contributed by atoms with van der Waals surface area (Å²) >= 11 is 0. The zero-order valence-electron chi connectivity index (χ0n) is 14.2. The highest BCUT2D eigenvalue weighted by atomic mass is 15.0. The van der Waals surface area contributed by atoms with E-state index in [4.69, 9.17) is 0 Å². The van der Waals surface area contributed by atoms with Crippen LogP contribution in [0, 0.1) is 16.7 Å². The minimum absolute atomic E-state index is 0.438. The Kier molecular flexibility index (Phi) is 3.90. The van der Waals surface area contributed by atoms with Crippen LogP contribution in [0.25, 0.3) is 0 Å². The van der Waals surface area contributed by atoms with Crippen molar-refractivity contribution in [2.24, 2.45) is 16.7 Å². The first kappa shape index (κ1) is 15.1. The highest BCUT2D eigenvalue weighted by molar-refractivity contribution is 5.21. The smallest absolute Gasteiger partial charge is 0.0323 e. The van der Waals surface area contributed by atoms with Gasteiger partial charge in [-0.1, -0.05) is 64.4 Å². The van der Waals surface area contributed by atoms with Gasteiger partial charge in [0.2, 0.25) is 0 Å². The van der Waals surface area contributed by atoms with Gasteiger partial charge in [-0.3, -0.25) is 0 Å². The lowest BCUT2D eigenvalue weighted by Crippen LogP contribution is -2.51.